The van der Waals surface area contributed by atoms with Gasteiger partial charge in [-0.15, -0.1) is 0 Å². The number of sulfonamides is 1. The highest BCUT2D eigenvalue weighted by Crippen LogP contribution is 2.54. The van der Waals surface area contributed by atoms with Crippen molar-refractivity contribution in [3.05, 3.63) is 119 Å². The topological polar surface area (TPSA) is 93.7 Å². The first-order valence-corrected chi connectivity index (χ1v) is 15.3. The van der Waals surface area contributed by atoms with E-state index in [0.29, 0.717) is 22.7 Å². The molecule has 0 radical (unpaired) electrons. The maximum absolute atomic E-state index is 13.5. The van der Waals surface area contributed by atoms with Crippen LogP contribution in [0.25, 0.3) is 5.57 Å². The van der Waals surface area contributed by atoms with Crippen LogP contribution in [-0.2, 0) is 21.0 Å². The Morgan fingerprint density at radius 3 is 2.32 bits per heavy atom. The largest absolute Gasteiger partial charge is 0.485 e. The minimum Gasteiger partial charge on any atom is -0.485 e. The molecule has 44 heavy (non-hydrogen) atoms. The van der Waals surface area contributed by atoms with Crippen LogP contribution in [0.3, 0.4) is 0 Å². The summed E-state index contributed by atoms with van der Waals surface area (Å²) in [7, 11) is -4.20. The Kier molecular flexibility index (Phi) is 6.47. The fourth-order valence-corrected chi connectivity index (χ4v) is 7.44. The molecule has 3 aliphatic rings. The predicted octanol–water partition coefficient (Wildman–Crippen LogP) is 6.95. The van der Waals surface area contributed by atoms with E-state index in [0.717, 1.165) is 46.5 Å². The van der Waals surface area contributed by atoms with E-state index in [2.05, 4.69) is 10.0 Å². The van der Waals surface area contributed by atoms with Crippen molar-refractivity contribution in [2.24, 2.45) is 0 Å². The normalized spacial score (nSPS) is 20.6. The first-order valence-electron chi connectivity index (χ1n) is 13.8. The van der Waals surface area contributed by atoms with Gasteiger partial charge in [-0.2, -0.15) is 13.2 Å². The van der Waals surface area contributed by atoms with Crippen molar-refractivity contribution in [3.8, 4) is 11.5 Å². The Morgan fingerprint density at radius 1 is 0.864 bits per heavy atom. The molecule has 0 saturated heterocycles. The number of carbonyl (C=O) groups excluding carboxylic acids is 1. The number of benzene rings is 4. The summed E-state index contributed by atoms with van der Waals surface area (Å²) in [4.78, 5) is 13.4. The molecule has 0 spiro atoms. The lowest BCUT2D eigenvalue weighted by Gasteiger charge is -2.28. The van der Waals surface area contributed by atoms with Crippen molar-refractivity contribution in [2.45, 2.75) is 35.9 Å². The summed E-state index contributed by atoms with van der Waals surface area (Å²) in [5, 5.41) is 2.89. The molecule has 0 fully saturated rings. The second-order valence-corrected chi connectivity index (χ2v) is 12.6. The van der Waals surface area contributed by atoms with Gasteiger partial charge in [0.15, 0.2) is 17.6 Å². The predicted molar refractivity (Wildman–Crippen MR) is 158 cm³/mol. The lowest BCUT2D eigenvalue weighted by atomic mass is 9.80. The number of alkyl halides is 3. The Hall–Kier alpha value is -4.77. The second kappa shape index (κ2) is 10.2. The molecule has 11 heteroatoms. The van der Waals surface area contributed by atoms with Gasteiger partial charge in [0.1, 0.15) is 6.61 Å². The zero-order valence-electron chi connectivity index (χ0n) is 23.2. The molecule has 2 aliphatic heterocycles. The molecular formula is C33H25F3N2O5S. The average Bonchev–Trinajstić information content (AvgIpc) is 3.47. The van der Waals surface area contributed by atoms with Gasteiger partial charge in [0.05, 0.1) is 16.4 Å². The molecule has 2 N–H and O–H groups in total. The molecule has 3 unspecified atom stereocenters. The number of fused-ring (bicyclic) bond motifs is 3. The third-order valence-electron chi connectivity index (χ3n) is 8.31. The summed E-state index contributed by atoms with van der Waals surface area (Å²) in [5.41, 5.74) is 3.81. The van der Waals surface area contributed by atoms with Crippen molar-refractivity contribution in [2.75, 3.05) is 16.6 Å². The number of nitrogens with one attached hydrogen (secondary N) is 2. The van der Waals surface area contributed by atoms with Crippen molar-refractivity contribution < 1.29 is 35.9 Å². The van der Waals surface area contributed by atoms with E-state index in [9.17, 15) is 26.4 Å². The van der Waals surface area contributed by atoms with E-state index in [1.54, 1.807) is 0 Å². The Bertz CT molecular complexity index is 1950. The number of rotatable bonds is 5. The maximum atomic E-state index is 13.5. The molecule has 2 heterocycles. The van der Waals surface area contributed by atoms with E-state index < -0.39 is 39.7 Å². The van der Waals surface area contributed by atoms with Gasteiger partial charge < -0.3 is 14.8 Å². The fraction of sp³-hybridized carbons (Fsp3) is 0.182. The number of ether oxygens (including phenoxy) is 2. The van der Waals surface area contributed by atoms with Crippen LogP contribution in [0.4, 0.5) is 24.5 Å². The number of hydrogen-bond donors (Lipinski definition) is 2. The number of carbonyl (C=O) groups is 1. The molecule has 4 aromatic rings. The highest BCUT2D eigenvalue weighted by atomic mass is 32.2. The molecule has 4 aromatic carbocycles. The van der Waals surface area contributed by atoms with Gasteiger partial charge in [0.2, 0.25) is 5.91 Å². The zero-order chi connectivity index (χ0) is 30.8. The first-order chi connectivity index (χ1) is 21.0. The molecule has 7 rings (SSSR count). The lowest BCUT2D eigenvalue weighted by Crippen LogP contribution is -2.30. The smallest absolute Gasteiger partial charge is 0.416 e. The molecule has 0 bridgehead atoms. The van der Waals surface area contributed by atoms with Gasteiger partial charge in [-0.25, -0.2) is 8.42 Å². The molecule has 0 saturated carbocycles. The van der Waals surface area contributed by atoms with Crippen LogP contribution in [0.1, 0.15) is 41.0 Å². The summed E-state index contributed by atoms with van der Waals surface area (Å²) < 4.78 is 80.3. The van der Waals surface area contributed by atoms with Gasteiger partial charge in [-0.1, -0.05) is 42.0 Å². The number of halogens is 3. The SMILES string of the molecule is CC1=C(C2COc3ccccc3O2)c2ccccc2C1C1C(=O)Nc2ccc(S(=O)(=O)Nc3ccc(C(F)(F)F)cc3)cc21. The molecule has 3 atom stereocenters. The summed E-state index contributed by atoms with van der Waals surface area (Å²) in [6, 6.07) is 23.3. The van der Waals surface area contributed by atoms with Crippen LogP contribution < -0.4 is 19.5 Å². The third kappa shape index (κ3) is 4.68. The van der Waals surface area contributed by atoms with Crippen LogP contribution in [-0.4, -0.2) is 27.0 Å². The molecular weight excluding hydrogens is 593 g/mol. The molecule has 1 aliphatic carbocycles. The van der Waals surface area contributed by atoms with E-state index >= 15 is 0 Å². The van der Waals surface area contributed by atoms with Crippen LogP contribution in [0.2, 0.25) is 0 Å². The Morgan fingerprint density at radius 2 is 1.57 bits per heavy atom. The first kappa shape index (κ1) is 28.0. The van der Waals surface area contributed by atoms with E-state index in [1.165, 1.54) is 18.2 Å². The van der Waals surface area contributed by atoms with Gasteiger partial charge in [-0.3, -0.25) is 9.52 Å². The van der Waals surface area contributed by atoms with E-state index in [-0.39, 0.29) is 23.1 Å². The average molecular weight is 619 g/mol. The number of allylic oxidation sites excluding steroid dienone is 1. The van der Waals surface area contributed by atoms with Gasteiger partial charge in [0, 0.05) is 22.9 Å². The molecule has 0 aromatic heterocycles. The van der Waals surface area contributed by atoms with Crippen molar-refractivity contribution in [3.63, 3.8) is 0 Å². The minimum atomic E-state index is -4.54. The Balaban J connectivity index is 1.24. The number of hydrogen-bond acceptors (Lipinski definition) is 5. The standard InChI is InChI=1S/C33H25F3N2O5S/c1-18-29(28-17-42-26-8-4-5-9-27(26)43-28)22-6-2-3-7-23(22)30(18)31-24-16-21(14-15-25(24)37-32(31)39)44(40,41)38-20-12-10-19(11-13-20)33(34,35)36/h2-16,28,30-31,38H,17H2,1H3,(H,37,39). The second-order valence-electron chi connectivity index (χ2n) is 10.9. The highest BCUT2D eigenvalue weighted by molar-refractivity contribution is 7.92. The molecule has 1 amide bonds. The number of para-hydroxylation sites is 2. The van der Waals surface area contributed by atoms with Crippen molar-refractivity contribution in [1.29, 1.82) is 0 Å². The highest BCUT2D eigenvalue weighted by Gasteiger charge is 2.45. The van der Waals surface area contributed by atoms with Crippen LogP contribution in [0.5, 0.6) is 11.5 Å². The van der Waals surface area contributed by atoms with E-state index in [4.69, 9.17) is 9.47 Å². The third-order valence-corrected chi connectivity index (χ3v) is 9.69. The van der Waals surface area contributed by atoms with Gasteiger partial charge >= 0.3 is 6.18 Å². The molecule has 224 valence electrons. The summed E-state index contributed by atoms with van der Waals surface area (Å²) in [5.74, 6) is -0.112. The van der Waals surface area contributed by atoms with Crippen LogP contribution in [0.15, 0.2) is 101 Å². The van der Waals surface area contributed by atoms with Crippen molar-refractivity contribution >= 4 is 32.9 Å². The minimum absolute atomic E-state index is 0.0198. The number of amides is 1. The quantitative estimate of drug-likeness (QED) is 0.253. The number of anilines is 2. The summed E-state index contributed by atoms with van der Waals surface area (Å²) >= 11 is 0. The van der Waals surface area contributed by atoms with Crippen LogP contribution in [0, 0.1) is 0 Å². The Labute approximate surface area is 251 Å². The van der Waals surface area contributed by atoms with Gasteiger partial charge in [0.25, 0.3) is 10.0 Å². The van der Waals surface area contributed by atoms with E-state index in [1.807, 2.05) is 55.5 Å². The summed E-state index contributed by atoms with van der Waals surface area (Å²) in [6.07, 6.45) is -4.96. The molecule has 7 nitrogen and oxygen atoms in total. The zero-order valence-corrected chi connectivity index (χ0v) is 24.0. The van der Waals surface area contributed by atoms with Crippen molar-refractivity contribution in [1.82, 2.24) is 0 Å². The van der Waals surface area contributed by atoms with Crippen LogP contribution >= 0.6 is 0 Å². The fourth-order valence-electron chi connectivity index (χ4n) is 6.35. The monoisotopic (exact) mass is 618 g/mol. The maximum Gasteiger partial charge on any atom is 0.416 e. The lowest BCUT2D eigenvalue weighted by molar-refractivity contribution is -0.137. The summed E-state index contributed by atoms with van der Waals surface area (Å²) in [6.45, 7) is 2.25. The van der Waals surface area contributed by atoms with Gasteiger partial charge in [-0.05, 0) is 78.2 Å².